The van der Waals surface area contributed by atoms with Crippen LogP contribution in [0.5, 0.6) is 0 Å². The lowest BCUT2D eigenvalue weighted by molar-refractivity contribution is -0.155. The minimum Gasteiger partial charge on any atom is -0.460 e. The Labute approximate surface area is 95.4 Å². The Hall–Kier alpha value is -1.38. The first kappa shape index (κ1) is 12.7. The van der Waals surface area contributed by atoms with Crippen LogP contribution in [-0.2, 0) is 16.1 Å². The summed E-state index contributed by atoms with van der Waals surface area (Å²) in [7, 11) is 0. The molecule has 0 spiro atoms. The van der Waals surface area contributed by atoms with Crippen molar-refractivity contribution in [3.8, 4) is 0 Å². The van der Waals surface area contributed by atoms with Crippen LogP contribution in [0.15, 0.2) is 24.3 Å². The van der Waals surface area contributed by atoms with Crippen molar-refractivity contribution in [2.45, 2.75) is 33.8 Å². The first-order chi connectivity index (χ1) is 7.45. The predicted octanol–water partition coefficient (Wildman–Crippen LogP) is 3.31. The van der Waals surface area contributed by atoms with Crippen molar-refractivity contribution in [1.82, 2.24) is 0 Å². The molecular formula is C13H17FO2. The van der Waals surface area contributed by atoms with Gasteiger partial charge in [0.15, 0.2) is 0 Å². The van der Waals surface area contributed by atoms with Gasteiger partial charge in [0.25, 0.3) is 0 Å². The molecule has 1 aromatic carbocycles. The Kier molecular flexibility index (Phi) is 4.05. The Bertz CT molecular complexity index is 372. The molecule has 0 unspecified atom stereocenters. The Morgan fingerprint density at radius 3 is 2.69 bits per heavy atom. The van der Waals surface area contributed by atoms with Crippen LogP contribution in [0.4, 0.5) is 4.39 Å². The molecule has 0 amide bonds. The van der Waals surface area contributed by atoms with E-state index in [0.717, 1.165) is 6.42 Å². The Morgan fingerprint density at radius 2 is 2.12 bits per heavy atom. The van der Waals surface area contributed by atoms with Gasteiger partial charge in [-0.3, -0.25) is 4.79 Å². The van der Waals surface area contributed by atoms with Crippen molar-refractivity contribution in [3.05, 3.63) is 35.6 Å². The third-order valence-corrected chi connectivity index (χ3v) is 2.70. The Morgan fingerprint density at radius 1 is 1.44 bits per heavy atom. The number of esters is 1. The fourth-order valence-corrected chi connectivity index (χ4v) is 1.12. The minimum absolute atomic E-state index is 0.125. The summed E-state index contributed by atoms with van der Waals surface area (Å²) < 4.78 is 18.0. The average Bonchev–Trinajstić information content (AvgIpc) is 2.26. The van der Waals surface area contributed by atoms with Gasteiger partial charge >= 0.3 is 5.97 Å². The molecule has 2 nitrogen and oxygen atoms in total. The summed E-state index contributed by atoms with van der Waals surface area (Å²) in [6.45, 7) is 5.73. The minimum atomic E-state index is -0.479. The maximum absolute atomic E-state index is 12.9. The second-order valence-electron chi connectivity index (χ2n) is 4.44. The summed E-state index contributed by atoms with van der Waals surface area (Å²) in [4.78, 5) is 11.6. The maximum Gasteiger partial charge on any atom is 0.311 e. The first-order valence-electron chi connectivity index (χ1n) is 5.37. The summed E-state index contributed by atoms with van der Waals surface area (Å²) >= 11 is 0. The molecule has 0 aliphatic heterocycles. The van der Waals surface area contributed by atoms with E-state index in [2.05, 4.69) is 0 Å². The lowest BCUT2D eigenvalue weighted by Crippen LogP contribution is -2.25. The number of halogens is 1. The summed E-state index contributed by atoms with van der Waals surface area (Å²) in [5.41, 5.74) is 0.188. The number of hydrogen-bond acceptors (Lipinski definition) is 2. The molecule has 0 fully saturated rings. The number of rotatable bonds is 4. The number of carbonyl (C=O) groups excluding carboxylic acids is 1. The van der Waals surface area contributed by atoms with Gasteiger partial charge in [-0.2, -0.15) is 0 Å². The fourth-order valence-electron chi connectivity index (χ4n) is 1.12. The lowest BCUT2D eigenvalue weighted by Gasteiger charge is -2.20. The van der Waals surface area contributed by atoms with Crippen molar-refractivity contribution >= 4 is 5.97 Å². The fraction of sp³-hybridized carbons (Fsp3) is 0.462. The second-order valence-corrected chi connectivity index (χ2v) is 4.44. The molecule has 0 bridgehead atoms. The van der Waals surface area contributed by atoms with Crippen molar-refractivity contribution in [3.63, 3.8) is 0 Å². The molecule has 0 aromatic heterocycles. The van der Waals surface area contributed by atoms with Crippen molar-refractivity contribution < 1.29 is 13.9 Å². The van der Waals surface area contributed by atoms with E-state index in [1.54, 1.807) is 12.1 Å². The van der Waals surface area contributed by atoms with Gasteiger partial charge in [-0.25, -0.2) is 4.39 Å². The van der Waals surface area contributed by atoms with Crippen LogP contribution in [0, 0.1) is 11.2 Å². The number of benzene rings is 1. The smallest absolute Gasteiger partial charge is 0.311 e. The summed E-state index contributed by atoms with van der Waals surface area (Å²) in [5.74, 6) is -0.567. The highest BCUT2D eigenvalue weighted by Gasteiger charge is 2.26. The molecule has 1 aromatic rings. The normalized spacial score (nSPS) is 11.2. The van der Waals surface area contributed by atoms with Crippen LogP contribution < -0.4 is 0 Å². The van der Waals surface area contributed by atoms with Gasteiger partial charge in [0.05, 0.1) is 5.41 Å². The van der Waals surface area contributed by atoms with E-state index < -0.39 is 5.41 Å². The van der Waals surface area contributed by atoms with Crippen LogP contribution in [0.1, 0.15) is 32.8 Å². The van der Waals surface area contributed by atoms with Crippen LogP contribution in [0.3, 0.4) is 0 Å². The van der Waals surface area contributed by atoms with Crippen LogP contribution in [0.2, 0.25) is 0 Å². The van der Waals surface area contributed by atoms with E-state index in [9.17, 15) is 9.18 Å². The quantitative estimate of drug-likeness (QED) is 0.733. The van der Waals surface area contributed by atoms with E-state index in [1.165, 1.54) is 12.1 Å². The van der Waals surface area contributed by atoms with Gasteiger partial charge in [-0.15, -0.1) is 0 Å². The van der Waals surface area contributed by atoms with Gasteiger partial charge in [0, 0.05) is 0 Å². The van der Waals surface area contributed by atoms with E-state index in [0.29, 0.717) is 5.56 Å². The zero-order valence-corrected chi connectivity index (χ0v) is 9.92. The number of ether oxygens (including phenoxy) is 1. The zero-order chi connectivity index (χ0) is 12.2. The standard InChI is InChI=1S/C13H17FO2/c1-4-13(2,3)12(15)16-9-10-6-5-7-11(14)8-10/h5-8H,4,9H2,1-3H3. The van der Waals surface area contributed by atoms with Gasteiger partial charge in [-0.05, 0) is 38.0 Å². The number of hydrogen-bond donors (Lipinski definition) is 0. The molecule has 0 atom stereocenters. The SMILES string of the molecule is CCC(C)(C)C(=O)OCc1cccc(F)c1. The highest BCUT2D eigenvalue weighted by molar-refractivity contribution is 5.75. The van der Waals surface area contributed by atoms with Gasteiger partial charge in [0.2, 0.25) is 0 Å². The molecule has 88 valence electrons. The highest BCUT2D eigenvalue weighted by Crippen LogP contribution is 2.22. The molecule has 1 rings (SSSR count). The molecule has 0 saturated heterocycles. The van der Waals surface area contributed by atoms with Crippen molar-refractivity contribution in [2.24, 2.45) is 5.41 Å². The van der Waals surface area contributed by atoms with Gasteiger partial charge in [0.1, 0.15) is 12.4 Å². The largest absolute Gasteiger partial charge is 0.460 e. The Balaban J connectivity index is 2.56. The molecule has 16 heavy (non-hydrogen) atoms. The van der Waals surface area contributed by atoms with Crippen molar-refractivity contribution in [2.75, 3.05) is 0 Å². The van der Waals surface area contributed by atoms with E-state index in [4.69, 9.17) is 4.74 Å². The number of carbonyl (C=O) groups is 1. The van der Waals surface area contributed by atoms with Crippen LogP contribution in [0.25, 0.3) is 0 Å². The monoisotopic (exact) mass is 224 g/mol. The average molecular weight is 224 g/mol. The topological polar surface area (TPSA) is 26.3 Å². The third-order valence-electron chi connectivity index (χ3n) is 2.70. The third kappa shape index (κ3) is 3.33. The van der Waals surface area contributed by atoms with Crippen LogP contribution in [-0.4, -0.2) is 5.97 Å². The molecule has 0 saturated carbocycles. The summed E-state index contributed by atoms with van der Waals surface area (Å²) in [5, 5.41) is 0. The molecule has 0 radical (unpaired) electrons. The predicted molar refractivity (Wildman–Crippen MR) is 60.3 cm³/mol. The lowest BCUT2D eigenvalue weighted by atomic mass is 9.91. The highest BCUT2D eigenvalue weighted by atomic mass is 19.1. The molecule has 0 aliphatic rings. The molecule has 0 aliphatic carbocycles. The van der Waals surface area contributed by atoms with Crippen LogP contribution >= 0.6 is 0 Å². The molecular weight excluding hydrogens is 207 g/mol. The van der Waals surface area contributed by atoms with Crippen molar-refractivity contribution in [1.29, 1.82) is 0 Å². The first-order valence-corrected chi connectivity index (χ1v) is 5.37. The molecule has 0 heterocycles. The summed E-state index contributed by atoms with van der Waals surface area (Å²) in [6.07, 6.45) is 0.717. The second kappa shape index (κ2) is 5.10. The maximum atomic E-state index is 12.9. The van der Waals surface area contributed by atoms with E-state index in [-0.39, 0.29) is 18.4 Å². The summed E-state index contributed by atoms with van der Waals surface area (Å²) in [6, 6.07) is 6.06. The molecule has 3 heteroatoms. The van der Waals surface area contributed by atoms with Gasteiger partial charge < -0.3 is 4.74 Å². The molecule has 0 N–H and O–H groups in total. The zero-order valence-electron chi connectivity index (χ0n) is 9.92. The van der Waals surface area contributed by atoms with Gasteiger partial charge in [-0.1, -0.05) is 19.1 Å². The van der Waals surface area contributed by atoms with E-state index in [1.807, 2.05) is 20.8 Å². The van der Waals surface area contributed by atoms with E-state index >= 15 is 0 Å².